The van der Waals surface area contributed by atoms with Crippen molar-refractivity contribution in [2.75, 3.05) is 0 Å². The van der Waals surface area contributed by atoms with Gasteiger partial charge in [0.15, 0.2) is 5.78 Å². The number of fused-ring (bicyclic) bond motifs is 1. The lowest BCUT2D eigenvalue weighted by Crippen LogP contribution is -2.22. The van der Waals surface area contributed by atoms with Crippen LogP contribution < -0.4 is 5.56 Å². The van der Waals surface area contributed by atoms with Gasteiger partial charge in [0.05, 0.1) is 5.39 Å². The molecule has 76 valence electrons. The zero-order chi connectivity index (χ0) is 11.0. The van der Waals surface area contributed by atoms with Crippen molar-refractivity contribution in [3.63, 3.8) is 0 Å². The molecule has 0 atom stereocenters. The summed E-state index contributed by atoms with van der Waals surface area (Å²) in [5, 5.41) is 5.10. The molecule has 0 N–H and O–H groups in total. The van der Waals surface area contributed by atoms with Crippen LogP contribution in [0.1, 0.15) is 17.4 Å². The van der Waals surface area contributed by atoms with Crippen LogP contribution in [0.25, 0.3) is 10.8 Å². The molecular formula is C11H10N2O2. The van der Waals surface area contributed by atoms with E-state index in [1.165, 1.54) is 11.6 Å². The third-order valence-corrected chi connectivity index (χ3v) is 2.29. The molecule has 2 aromatic rings. The molecule has 1 heterocycles. The van der Waals surface area contributed by atoms with E-state index in [0.29, 0.717) is 16.5 Å². The molecule has 0 aliphatic heterocycles. The molecule has 4 heteroatoms. The molecule has 0 saturated heterocycles. The lowest BCUT2D eigenvalue weighted by atomic mass is 10.1. The summed E-state index contributed by atoms with van der Waals surface area (Å²) in [6.45, 7) is 1.44. The maximum atomic E-state index is 11.7. The highest BCUT2D eigenvalue weighted by molar-refractivity contribution is 6.04. The Hall–Kier alpha value is -1.97. The van der Waals surface area contributed by atoms with Gasteiger partial charge in [-0.15, -0.1) is 0 Å². The average Bonchev–Trinajstić information content (AvgIpc) is 2.23. The molecule has 2 rings (SSSR count). The van der Waals surface area contributed by atoms with Crippen molar-refractivity contribution in [2.45, 2.75) is 6.92 Å². The number of carbonyl (C=O) groups excluding carboxylic acids is 1. The number of nitrogens with zero attached hydrogens (tertiary/aromatic N) is 2. The van der Waals surface area contributed by atoms with E-state index in [2.05, 4.69) is 5.10 Å². The van der Waals surface area contributed by atoms with E-state index in [1.807, 2.05) is 0 Å². The van der Waals surface area contributed by atoms with Crippen LogP contribution in [0.3, 0.4) is 0 Å². The maximum Gasteiger partial charge on any atom is 0.274 e. The van der Waals surface area contributed by atoms with Crippen molar-refractivity contribution >= 4 is 16.6 Å². The first-order valence-electron chi connectivity index (χ1n) is 4.58. The summed E-state index contributed by atoms with van der Waals surface area (Å²) in [6.07, 6.45) is 0. The van der Waals surface area contributed by atoms with Gasteiger partial charge in [-0.25, -0.2) is 4.68 Å². The van der Waals surface area contributed by atoms with Gasteiger partial charge in [0.1, 0.15) is 5.69 Å². The van der Waals surface area contributed by atoms with Gasteiger partial charge >= 0.3 is 0 Å². The van der Waals surface area contributed by atoms with Crippen molar-refractivity contribution in [3.05, 3.63) is 40.3 Å². The molecule has 1 aromatic carbocycles. The number of hydrogen-bond donors (Lipinski definition) is 0. The van der Waals surface area contributed by atoms with Crippen molar-refractivity contribution in [3.8, 4) is 0 Å². The maximum absolute atomic E-state index is 11.7. The fourth-order valence-electron chi connectivity index (χ4n) is 1.56. The first-order valence-corrected chi connectivity index (χ1v) is 4.58. The van der Waals surface area contributed by atoms with Crippen LogP contribution >= 0.6 is 0 Å². The molecular weight excluding hydrogens is 192 g/mol. The zero-order valence-corrected chi connectivity index (χ0v) is 8.52. The number of Topliss-reactive ketones (excluding diaryl/α,β-unsaturated/α-hetero) is 1. The van der Waals surface area contributed by atoms with E-state index >= 15 is 0 Å². The summed E-state index contributed by atoms with van der Waals surface area (Å²) >= 11 is 0. The number of aromatic nitrogens is 2. The van der Waals surface area contributed by atoms with E-state index in [0.717, 1.165) is 0 Å². The van der Waals surface area contributed by atoms with E-state index in [1.54, 1.807) is 31.3 Å². The Kier molecular flexibility index (Phi) is 2.11. The van der Waals surface area contributed by atoms with Crippen molar-refractivity contribution < 1.29 is 4.79 Å². The average molecular weight is 202 g/mol. The SMILES string of the molecule is CC(=O)c1nn(C)c(=O)c2ccccc12. The van der Waals surface area contributed by atoms with E-state index < -0.39 is 0 Å². The molecule has 4 nitrogen and oxygen atoms in total. The van der Waals surface area contributed by atoms with Gasteiger partial charge in [0, 0.05) is 19.4 Å². The Bertz CT molecular complexity index is 599. The molecule has 15 heavy (non-hydrogen) atoms. The Labute approximate surface area is 86.1 Å². The number of hydrogen-bond acceptors (Lipinski definition) is 3. The summed E-state index contributed by atoms with van der Waals surface area (Å²) < 4.78 is 1.19. The Morgan fingerprint density at radius 1 is 1.27 bits per heavy atom. The molecule has 0 fully saturated rings. The number of benzene rings is 1. The second kappa shape index (κ2) is 3.31. The van der Waals surface area contributed by atoms with Crippen molar-refractivity contribution in [1.29, 1.82) is 0 Å². The lowest BCUT2D eigenvalue weighted by Gasteiger charge is -2.04. The normalized spacial score (nSPS) is 10.5. The second-order valence-electron chi connectivity index (χ2n) is 3.38. The van der Waals surface area contributed by atoms with Gasteiger partial charge in [0.2, 0.25) is 0 Å². The van der Waals surface area contributed by atoms with Crippen LogP contribution in [0.4, 0.5) is 0 Å². The molecule has 0 spiro atoms. The van der Waals surface area contributed by atoms with Crippen LogP contribution in [0, 0.1) is 0 Å². The van der Waals surface area contributed by atoms with Gasteiger partial charge in [-0.2, -0.15) is 5.10 Å². The first kappa shape index (κ1) is 9.58. The van der Waals surface area contributed by atoms with Gasteiger partial charge < -0.3 is 0 Å². The van der Waals surface area contributed by atoms with Gasteiger partial charge in [-0.3, -0.25) is 9.59 Å². The third kappa shape index (κ3) is 1.44. The topological polar surface area (TPSA) is 52.0 Å². The Morgan fingerprint density at radius 2 is 1.87 bits per heavy atom. The lowest BCUT2D eigenvalue weighted by molar-refractivity contribution is 0.101. The molecule has 0 aliphatic carbocycles. The van der Waals surface area contributed by atoms with Crippen LogP contribution in [0.5, 0.6) is 0 Å². The first-order chi connectivity index (χ1) is 7.11. The highest BCUT2D eigenvalue weighted by Crippen LogP contribution is 2.12. The largest absolute Gasteiger partial charge is 0.293 e. The van der Waals surface area contributed by atoms with Gasteiger partial charge in [0.25, 0.3) is 5.56 Å². The van der Waals surface area contributed by atoms with Crippen molar-refractivity contribution in [1.82, 2.24) is 9.78 Å². The Morgan fingerprint density at radius 3 is 2.47 bits per heavy atom. The smallest absolute Gasteiger partial charge is 0.274 e. The number of ketones is 1. The fraction of sp³-hybridized carbons (Fsp3) is 0.182. The minimum absolute atomic E-state index is 0.137. The third-order valence-electron chi connectivity index (χ3n) is 2.29. The Balaban J connectivity index is 3.01. The predicted molar refractivity (Wildman–Crippen MR) is 57.0 cm³/mol. The highest BCUT2D eigenvalue weighted by atomic mass is 16.1. The minimum Gasteiger partial charge on any atom is -0.293 e. The summed E-state index contributed by atoms with van der Waals surface area (Å²) in [5.41, 5.74) is 0.156. The van der Waals surface area contributed by atoms with Crippen LogP contribution in [0.2, 0.25) is 0 Å². The van der Waals surface area contributed by atoms with Gasteiger partial charge in [-0.05, 0) is 6.07 Å². The van der Waals surface area contributed by atoms with Gasteiger partial charge in [-0.1, -0.05) is 18.2 Å². The monoisotopic (exact) mass is 202 g/mol. The molecule has 0 bridgehead atoms. The summed E-state index contributed by atoms with van der Waals surface area (Å²) in [5.74, 6) is -0.137. The van der Waals surface area contributed by atoms with E-state index in [-0.39, 0.29) is 11.3 Å². The minimum atomic E-state index is -0.185. The summed E-state index contributed by atoms with van der Waals surface area (Å²) in [6, 6.07) is 7.00. The standard InChI is InChI=1S/C11H10N2O2/c1-7(14)10-8-5-3-4-6-9(8)11(15)13(2)12-10/h3-6H,1-2H3. The molecule has 0 saturated carbocycles. The number of carbonyl (C=O) groups is 1. The summed E-state index contributed by atoms with van der Waals surface area (Å²) in [4.78, 5) is 23.0. The summed E-state index contributed by atoms with van der Waals surface area (Å²) in [7, 11) is 1.54. The van der Waals surface area contributed by atoms with E-state index in [9.17, 15) is 9.59 Å². The van der Waals surface area contributed by atoms with Crippen LogP contribution in [-0.2, 0) is 7.05 Å². The van der Waals surface area contributed by atoms with Crippen LogP contribution in [0.15, 0.2) is 29.1 Å². The predicted octanol–water partition coefficient (Wildman–Crippen LogP) is 1.14. The van der Waals surface area contributed by atoms with E-state index in [4.69, 9.17) is 0 Å². The quantitative estimate of drug-likeness (QED) is 0.651. The molecule has 0 radical (unpaired) electrons. The molecule has 0 aliphatic rings. The molecule has 1 aromatic heterocycles. The van der Waals surface area contributed by atoms with Crippen LogP contribution in [-0.4, -0.2) is 15.6 Å². The zero-order valence-electron chi connectivity index (χ0n) is 8.52. The fourth-order valence-corrected chi connectivity index (χ4v) is 1.56. The highest BCUT2D eigenvalue weighted by Gasteiger charge is 2.10. The molecule has 0 amide bonds. The molecule has 0 unspecified atom stereocenters. The number of aryl methyl sites for hydroxylation is 1. The second-order valence-corrected chi connectivity index (χ2v) is 3.38. The van der Waals surface area contributed by atoms with Crippen molar-refractivity contribution in [2.24, 2.45) is 7.05 Å². The number of rotatable bonds is 1.